The topological polar surface area (TPSA) is 149 Å². The van der Waals surface area contributed by atoms with Gasteiger partial charge in [0.25, 0.3) is 11.5 Å². The van der Waals surface area contributed by atoms with Gasteiger partial charge >= 0.3 is 6.09 Å². The van der Waals surface area contributed by atoms with Gasteiger partial charge in [0.05, 0.1) is 17.7 Å². The van der Waals surface area contributed by atoms with E-state index < -0.39 is 17.7 Å². The van der Waals surface area contributed by atoms with Gasteiger partial charge < -0.3 is 4.74 Å². The highest BCUT2D eigenvalue weighted by molar-refractivity contribution is 9.11. The minimum atomic E-state index is -0.996. The van der Waals surface area contributed by atoms with Crippen molar-refractivity contribution >= 4 is 77.8 Å². The zero-order valence-corrected chi connectivity index (χ0v) is 20.8. The minimum absolute atomic E-state index is 0.0766. The van der Waals surface area contributed by atoms with Crippen molar-refractivity contribution in [3.8, 4) is 6.07 Å². The number of hydrazone groups is 1. The van der Waals surface area contributed by atoms with Crippen LogP contribution in [0.2, 0.25) is 0 Å². The molecule has 2 aromatic carbocycles. The van der Waals surface area contributed by atoms with E-state index in [9.17, 15) is 14.4 Å². The molecule has 10 nitrogen and oxygen atoms in total. The van der Waals surface area contributed by atoms with Crippen LogP contribution >= 0.6 is 43.6 Å². The number of halogens is 2. The molecular weight excluding hydrogens is 580 g/mol. The Kier molecular flexibility index (Phi) is 8.21. The fourth-order valence-corrected chi connectivity index (χ4v) is 5.11. The molecule has 33 heavy (non-hydrogen) atoms. The van der Waals surface area contributed by atoms with Gasteiger partial charge in [0.2, 0.25) is 5.71 Å². The van der Waals surface area contributed by atoms with Crippen LogP contribution in [0.1, 0.15) is 6.92 Å². The highest BCUT2D eigenvalue weighted by Crippen LogP contribution is 2.41. The van der Waals surface area contributed by atoms with Crippen molar-refractivity contribution in [2.24, 2.45) is 5.10 Å². The third-order valence-corrected chi connectivity index (χ3v) is 6.89. The average Bonchev–Trinajstić information content (AvgIpc) is 2.78. The second-order valence-electron chi connectivity index (χ2n) is 6.13. The van der Waals surface area contributed by atoms with Crippen molar-refractivity contribution in [1.29, 1.82) is 5.26 Å². The number of carbonyl (C=O) groups is 2. The molecule has 1 heterocycles. The van der Waals surface area contributed by atoms with E-state index in [-0.39, 0.29) is 12.2 Å². The Morgan fingerprint density at radius 1 is 1.24 bits per heavy atom. The van der Waals surface area contributed by atoms with Gasteiger partial charge in [-0.05, 0) is 57.0 Å². The number of benzene rings is 2. The SMILES string of the molecule is CCOC(=O)NC(=O)/C(C#N)=N\Nc1cc(Br)c(Sc2n[nH]c(=O)c3ccccc23)c(Br)c1. The quantitative estimate of drug-likeness (QED) is 0.285. The highest BCUT2D eigenvalue weighted by atomic mass is 79.9. The molecule has 0 radical (unpaired) electrons. The smallest absolute Gasteiger partial charge is 0.414 e. The summed E-state index contributed by atoms with van der Waals surface area (Å²) >= 11 is 8.31. The number of ether oxygens (including phenoxy) is 1. The molecule has 0 aliphatic rings. The van der Waals surface area contributed by atoms with E-state index in [2.05, 4.69) is 57.3 Å². The first-order valence-corrected chi connectivity index (χ1v) is 11.6. The van der Waals surface area contributed by atoms with Crippen LogP contribution in [0.5, 0.6) is 0 Å². The van der Waals surface area contributed by atoms with Crippen molar-refractivity contribution < 1.29 is 14.3 Å². The van der Waals surface area contributed by atoms with Gasteiger partial charge in [-0.15, -0.1) is 0 Å². The number of amides is 2. The number of H-pyrrole nitrogens is 1. The Hall–Kier alpha value is -3.21. The maximum absolute atomic E-state index is 12.0. The van der Waals surface area contributed by atoms with E-state index >= 15 is 0 Å². The van der Waals surface area contributed by atoms with Crippen LogP contribution in [0, 0.1) is 11.3 Å². The summed E-state index contributed by atoms with van der Waals surface area (Å²) in [6.45, 7) is 1.66. The molecule has 0 bridgehead atoms. The number of nitrogens with zero attached hydrogens (tertiary/aromatic N) is 3. The first-order chi connectivity index (χ1) is 15.8. The minimum Gasteiger partial charge on any atom is -0.450 e. The summed E-state index contributed by atoms with van der Waals surface area (Å²) in [5.41, 5.74) is 2.23. The third-order valence-electron chi connectivity index (χ3n) is 3.97. The predicted molar refractivity (Wildman–Crippen MR) is 130 cm³/mol. The van der Waals surface area contributed by atoms with Crippen LogP contribution in [0.15, 0.2) is 65.2 Å². The molecule has 0 saturated carbocycles. The van der Waals surface area contributed by atoms with Crippen molar-refractivity contribution in [2.75, 3.05) is 12.0 Å². The summed E-state index contributed by atoms with van der Waals surface area (Å²) in [7, 11) is 0. The number of nitriles is 1. The zero-order chi connectivity index (χ0) is 24.0. The monoisotopic (exact) mass is 592 g/mol. The largest absolute Gasteiger partial charge is 0.450 e. The number of imide groups is 1. The molecule has 3 N–H and O–H groups in total. The molecule has 0 atom stereocenters. The van der Waals surface area contributed by atoms with Gasteiger partial charge in [0.15, 0.2) is 0 Å². The normalized spacial score (nSPS) is 11.0. The lowest BCUT2D eigenvalue weighted by Gasteiger charge is -2.11. The molecule has 0 unspecified atom stereocenters. The van der Waals surface area contributed by atoms with Crippen LogP contribution < -0.4 is 16.3 Å². The standard InChI is InChI=1S/C20H14Br2N6O4S/c1-2-32-20(31)24-18(30)15(9-23)26-25-10-7-13(21)16(14(22)8-10)33-19-12-6-4-3-5-11(12)17(29)27-28-19/h3-8,25H,2H2,1H3,(H,27,29)(H,24,30,31)/b26-15-. The lowest BCUT2D eigenvalue weighted by atomic mass is 10.2. The maximum atomic E-state index is 12.0. The molecule has 3 rings (SSSR count). The zero-order valence-electron chi connectivity index (χ0n) is 16.8. The van der Waals surface area contributed by atoms with Crippen LogP contribution in [0.25, 0.3) is 10.8 Å². The summed E-state index contributed by atoms with van der Waals surface area (Å²) in [5.74, 6) is -0.996. The van der Waals surface area contributed by atoms with Crippen molar-refractivity contribution in [2.45, 2.75) is 16.8 Å². The summed E-state index contributed by atoms with van der Waals surface area (Å²) in [5, 5.41) is 23.3. The molecule has 0 spiro atoms. The number of aromatic amines is 1. The number of anilines is 1. The Morgan fingerprint density at radius 3 is 2.55 bits per heavy atom. The van der Waals surface area contributed by atoms with Gasteiger partial charge in [-0.1, -0.05) is 30.0 Å². The van der Waals surface area contributed by atoms with E-state index in [1.807, 2.05) is 17.4 Å². The van der Waals surface area contributed by atoms with Crippen molar-refractivity contribution in [3.63, 3.8) is 0 Å². The van der Waals surface area contributed by atoms with Gasteiger partial charge in [-0.25, -0.2) is 9.89 Å². The lowest BCUT2D eigenvalue weighted by molar-refractivity contribution is -0.114. The number of rotatable bonds is 6. The number of nitrogens with one attached hydrogen (secondary N) is 3. The first kappa shape index (κ1) is 24.4. The summed E-state index contributed by atoms with van der Waals surface area (Å²) < 4.78 is 5.92. The summed E-state index contributed by atoms with van der Waals surface area (Å²) in [6, 6.07) is 12.1. The number of hydrogen-bond acceptors (Lipinski definition) is 9. The fourth-order valence-electron chi connectivity index (χ4n) is 2.55. The number of fused-ring (bicyclic) bond motifs is 1. The van der Waals surface area contributed by atoms with Crippen LogP contribution in [0.4, 0.5) is 10.5 Å². The second-order valence-corrected chi connectivity index (χ2v) is 8.84. The van der Waals surface area contributed by atoms with Crippen LogP contribution in [-0.2, 0) is 9.53 Å². The van der Waals surface area contributed by atoms with Crippen molar-refractivity contribution in [1.82, 2.24) is 15.5 Å². The van der Waals surface area contributed by atoms with E-state index in [1.54, 1.807) is 37.3 Å². The maximum Gasteiger partial charge on any atom is 0.414 e. The number of alkyl carbamates (subject to hydrolysis) is 1. The highest BCUT2D eigenvalue weighted by Gasteiger charge is 2.17. The van der Waals surface area contributed by atoms with E-state index in [0.29, 0.717) is 30.4 Å². The molecule has 0 fully saturated rings. The molecule has 3 aromatic rings. The molecule has 0 saturated heterocycles. The van der Waals surface area contributed by atoms with Crippen LogP contribution in [0.3, 0.4) is 0 Å². The predicted octanol–water partition coefficient (Wildman–Crippen LogP) is 4.16. The summed E-state index contributed by atoms with van der Waals surface area (Å²) in [6.07, 6.45) is -0.972. The van der Waals surface area contributed by atoms with E-state index in [0.717, 1.165) is 4.90 Å². The first-order valence-electron chi connectivity index (χ1n) is 9.20. The summed E-state index contributed by atoms with van der Waals surface area (Å²) in [4.78, 5) is 36.1. The van der Waals surface area contributed by atoms with Gasteiger partial charge in [0.1, 0.15) is 11.1 Å². The molecular formula is C20H14Br2N6O4S. The molecule has 168 valence electrons. The van der Waals surface area contributed by atoms with Crippen molar-refractivity contribution in [3.05, 3.63) is 55.7 Å². The number of aromatic nitrogens is 2. The van der Waals surface area contributed by atoms with E-state index in [1.165, 1.54) is 11.8 Å². The van der Waals surface area contributed by atoms with Gasteiger partial charge in [-0.2, -0.15) is 15.5 Å². The van der Waals surface area contributed by atoms with Gasteiger partial charge in [-0.3, -0.25) is 20.3 Å². The molecule has 0 aliphatic heterocycles. The Balaban J connectivity index is 1.82. The lowest BCUT2D eigenvalue weighted by Crippen LogP contribution is -2.36. The molecule has 13 heteroatoms. The Labute approximate surface area is 208 Å². The second kappa shape index (κ2) is 11.1. The van der Waals surface area contributed by atoms with Gasteiger partial charge in [0, 0.05) is 19.2 Å². The fraction of sp³-hybridized carbons (Fsp3) is 0.100. The van der Waals surface area contributed by atoms with Crippen LogP contribution in [-0.4, -0.2) is 34.5 Å². The molecule has 0 aliphatic carbocycles. The number of carbonyl (C=O) groups excluding carboxylic acids is 2. The third kappa shape index (κ3) is 5.98. The Morgan fingerprint density at radius 2 is 1.91 bits per heavy atom. The molecule has 1 aromatic heterocycles. The number of hydrogen-bond donors (Lipinski definition) is 3. The Bertz CT molecular complexity index is 1350. The average molecular weight is 594 g/mol. The van der Waals surface area contributed by atoms with E-state index in [4.69, 9.17) is 5.26 Å². The molecule has 2 amide bonds.